The van der Waals surface area contributed by atoms with Crippen LogP contribution < -0.4 is 5.32 Å². The van der Waals surface area contributed by atoms with Crippen LogP contribution in [0.1, 0.15) is 28.9 Å². The van der Waals surface area contributed by atoms with Crippen LogP contribution in [0.4, 0.5) is 5.82 Å². The molecule has 0 radical (unpaired) electrons. The summed E-state index contributed by atoms with van der Waals surface area (Å²) in [5.41, 5.74) is 1.15. The van der Waals surface area contributed by atoms with E-state index in [1.54, 1.807) is 18.2 Å². The van der Waals surface area contributed by atoms with Crippen molar-refractivity contribution in [2.45, 2.75) is 25.8 Å². The quantitative estimate of drug-likeness (QED) is 0.874. The molecule has 1 aliphatic rings. The number of nitrogens with zero attached hydrogens (tertiary/aromatic N) is 2. The maximum absolute atomic E-state index is 12.8. The zero-order valence-electron chi connectivity index (χ0n) is 13.0. The molecule has 1 atom stereocenters. The molecule has 1 aliphatic heterocycles. The zero-order valence-corrected chi connectivity index (χ0v) is 14.5. The highest BCUT2D eigenvalue weighted by Crippen LogP contribution is 2.26. The van der Waals surface area contributed by atoms with Crippen molar-refractivity contribution < 1.29 is 9.59 Å². The minimum absolute atomic E-state index is 0.259. The Labute approximate surface area is 149 Å². The van der Waals surface area contributed by atoms with Crippen molar-refractivity contribution >= 4 is 40.8 Å². The van der Waals surface area contributed by atoms with E-state index in [2.05, 4.69) is 15.5 Å². The highest BCUT2D eigenvalue weighted by Gasteiger charge is 2.35. The Kier molecular flexibility index (Phi) is 4.78. The van der Waals surface area contributed by atoms with Gasteiger partial charge in [-0.25, -0.2) is 0 Å². The van der Waals surface area contributed by atoms with Gasteiger partial charge in [0.05, 0.1) is 10.6 Å². The molecule has 1 unspecified atom stereocenters. The molecule has 8 heteroatoms. The molecule has 2 amide bonds. The van der Waals surface area contributed by atoms with Gasteiger partial charge in [-0.2, -0.15) is 5.10 Å². The lowest BCUT2D eigenvalue weighted by atomic mass is 10.1. The number of hydrogen-bond acceptors (Lipinski definition) is 3. The van der Waals surface area contributed by atoms with Crippen LogP contribution in [-0.2, 0) is 4.79 Å². The van der Waals surface area contributed by atoms with Crippen LogP contribution in [0.5, 0.6) is 0 Å². The maximum atomic E-state index is 12.8. The van der Waals surface area contributed by atoms with Crippen LogP contribution in [0.15, 0.2) is 24.3 Å². The van der Waals surface area contributed by atoms with Gasteiger partial charge in [-0.1, -0.05) is 23.2 Å². The van der Waals surface area contributed by atoms with Gasteiger partial charge in [0, 0.05) is 23.3 Å². The van der Waals surface area contributed by atoms with Gasteiger partial charge in [-0.3, -0.25) is 14.7 Å². The Hall–Kier alpha value is -2.05. The van der Waals surface area contributed by atoms with E-state index >= 15 is 0 Å². The summed E-state index contributed by atoms with van der Waals surface area (Å²) in [4.78, 5) is 26.8. The highest BCUT2D eigenvalue weighted by molar-refractivity contribution is 6.35. The number of amides is 2. The van der Waals surface area contributed by atoms with Crippen molar-refractivity contribution in [2.75, 3.05) is 11.9 Å². The summed E-state index contributed by atoms with van der Waals surface area (Å²) < 4.78 is 0. The molecular weight excluding hydrogens is 351 g/mol. The molecule has 1 aromatic carbocycles. The third-order valence-electron chi connectivity index (χ3n) is 3.93. The predicted octanol–water partition coefficient (Wildman–Crippen LogP) is 3.27. The molecule has 2 N–H and O–H groups in total. The minimum Gasteiger partial charge on any atom is -0.327 e. The lowest BCUT2D eigenvalue weighted by Crippen LogP contribution is -2.43. The second-order valence-corrected chi connectivity index (χ2v) is 6.55. The Morgan fingerprint density at radius 2 is 2.12 bits per heavy atom. The van der Waals surface area contributed by atoms with Crippen LogP contribution >= 0.6 is 23.2 Å². The fourth-order valence-corrected chi connectivity index (χ4v) is 3.16. The summed E-state index contributed by atoms with van der Waals surface area (Å²) in [6, 6.07) is 5.90. The van der Waals surface area contributed by atoms with Gasteiger partial charge in [0.1, 0.15) is 6.04 Å². The molecule has 1 aromatic heterocycles. The summed E-state index contributed by atoms with van der Waals surface area (Å²) >= 11 is 12.1. The van der Waals surface area contributed by atoms with E-state index in [1.807, 2.05) is 6.92 Å². The molecule has 0 bridgehead atoms. The summed E-state index contributed by atoms with van der Waals surface area (Å²) in [6.45, 7) is 2.34. The van der Waals surface area contributed by atoms with E-state index in [4.69, 9.17) is 23.2 Å². The fourth-order valence-electron chi connectivity index (χ4n) is 2.79. The van der Waals surface area contributed by atoms with E-state index in [0.29, 0.717) is 34.4 Å². The largest absolute Gasteiger partial charge is 0.327 e. The number of nitrogens with one attached hydrogen (secondary N) is 2. The molecule has 1 fully saturated rings. The van der Waals surface area contributed by atoms with Crippen molar-refractivity contribution in [1.82, 2.24) is 15.1 Å². The lowest BCUT2D eigenvalue weighted by molar-refractivity contribution is -0.119. The third kappa shape index (κ3) is 3.39. The van der Waals surface area contributed by atoms with Gasteiger partial charge in [0.25, 0.3) is 5.91 Å². The van der Waals surface area contributed by atoms with Gasteiger partial charge in [0.15, 0.2) is 5.82 Å². The minimum atomic E-state index is -0.551. The molecule has 0 spiro atoms. The van der Waals surface area contributed by atoms with Crippen molar-refractivity contribution in [2.24, 2.45) is 0 Å². The predicted molar refractivity (Wildman–Crippen MR) is 92.5 cm³/mol. The summed E-state index contributed by atoms with van der Waals surface area (Å²) in [6.07, 6.45) is 1.35. The van der Waals surface area contributed by atoms with Crippen molar-refractivity contribution in [3.05, 3.63) is 45.6 Å². The number of likely N-dealkylation sites (tertiary alicyclic amines) is 1. The number of anilines is 1. The van der Waals surface area contributed by atoms with Crippen molar-refractivity contribution in [1.29, 1.82) is 0 Å². The molecule has 24 heavy (non-hydrogen) atoms. The Morgan fingerprint density at radius 3 is 2.83 bits per heavy atom. The van der Waals surface area contributed by atoms with E-state index < -0.39 is 6.04 Å². The first-order valence-electron chi connectivity index (χ1n) is 7.54. The van der Waals surface area contributed by atoms with Gasteiger partial charge in [-0.15, -0.1) is 0 Å². The van der Waals surface area contributed by atoms with Gasteiger partial charge >= 0.3 is 0 Å². The van der Waals surface area contributed by atoms with Gasteiger partial charge < -0.3 is 10.2 Å². The molecule has 2 heterocycles. The van der Waals surface area contributed by atoms with E-state index in [-0.39, 0.29) is 11.8 Å². The van der Waals surface area contributed by atoms with Crippen LogP contribution in [0, 0.1) is 6.92 Å². The number of aryl methyl sites for hydroxylation is 1. The molecule has 0 saturated carbocycles. The molecule has 6 nitrogen and oxygen atoms in total. The number of aromatic nitrogens is 2. The third-order valence-corrected chi connectivity index (χ3v) is 4.50. The molecule has 3 rings (SSSR count). The summed E-state index contributed by atoms with van der Waals surface area (Å²) in [7, 11) is 0. The van der Waals surface area contributed by atoms with E-state index in [9.17, 15) is 9.59 Å². The molecule has 126 valence electrons. The zero-order chi connectivity index (χ0) is 17.3. The average Bonchev–Trinajstić information content (AvgIpc) is 3.18. The number of hydrogen-bond donors (Lipinski definition) is 2. The molecular formula is C16H16Cl2N4O2. The van der Waals surface area contributed by atoms with E-state index in [0.717, 1.165) is 12.1 Å². The Balaban J connectivity index is 1.78. The highest BCUT2D eigenvalue weighted by atomic mass is 35.5. The number of halogens is 2. The number of carbonyl (C=O) groups is 2. The monoisotopic (exact) mass is 366 g/mol. The first-order chi connectivity index (χ1) is 11.5. The first kappa shape index (κ1) is 16.8. The van der Waals surface area contributed by atoms with Gasteiger partial charge in [-0.05, 0) is 38.0 Å². The number of carbonyl (C=O) groups excluding carboxylic acids is 2. The summed E-state index contributed by atoms with van der Waals surface area (Å²) in [5, 5.41) is 10.2. The first-order valence-corrected chi connectivity index (χ1v) is 8.30. The average molecular weight is 367 g/mol. The van der Waals surface area contributed by atoms with Crippen LogP contribution in [-0.4, -0.2) is 39.5 Å². The molecule has 0 aliphatic carbocycles. The smallest absolute Gasteiger partial charge is 0.256 e. The SMILES string of the molecule is Cc1cc(NC(=O)C2CCCN2C(=O)c2cc(Cl)ccc2Cl)n[nH]1. The second-order valence-electron chi connectivity index (χ2n) is 5.71. The lowest BCUT2D eigenvalue weighted by Gasteiger charge is -2.24. The van der Waals surface area contributed by atoms with E-state index in [1.165, 1.54) is 11.0 Å². The Morgan fingerprint density at radius 1 is 1.33 bits per heavy atom. The molecule has 1 saturated heterocycles. The van der Waals surface area contributed by atoms with Gasteiger partial charge in [0.2, 0.25) is 5.91 Å². The second kappa shape index (κ2) is 6.83. The van der Waals surface area contributed by atoms with Crippen LogP contribution in [0.3, 0.4) is 0 Å². The maximum Gasteiger partial charge on any atom is 0.256 e. The number of H-pyrrole nitrogens is 1. The topological polar surface area (TPSA) is 78.1 Å². The molecule has 2 aromatic rings. The van der Waals surface area contributed by atoms with Crippen molar-refractivity contribution in [3.8, 4) is 0 Å². The normalized spacial score (nSPS) is 17.1. The fraction of sp³-hybridized carbons (Fsp3) is 0.312. The van der Waals surface area contributed by atoms with Crippen LogP contribution in [0.2, 0.25) is 10.0 Å². The summed E-state index contributed by atoms with van der Waals surface area (Å²) in [5.74, 6) is -0.110. The van der Waals surface area contributed by atoms with Crippen LogP contribution in [0.25, 0.3) is 0 Å². The van der Waals surface area contributed by atoms with Crippen molar-refractivity contribution in [3.63, 3.8) is 0 Å². The number of benzene rings is 1. The number of aromatic amines is 1. The Bertz CT molecular complexity index is 790. The standard InChI is InChI=1S/C16H16Cl2N4O2/c1-9-7-14(21-20-9)19-15(23)13-3-2-6-22(13)16(24)11-8-10(17)4-5-12(11)18/h4-5,7-8,13H,2-3,6H2,1H3,(H2,19,20,21,23). The number of rotatable bonds is 3.